The Kier molecular flexibility index (Phi) is 4.97. The first-order valence-electron chi connectivity index (χ1n) is 8.36. The fourth-order valence-electron chi connectivity index (χ4n) is 3.70. The van der Waals surface area contributed by atoms with Crippen molar-refractivity contribution in [1.82, 2.24) is 10.2 Å². The van der Waals surface area contributed by atoms with Crippen molar-refractivity contribution in [2.45, 2.75) is 50.7 Å². The molecule has 20 heavy (non-hydrogen) atoms. The summed E-state index contributed by atoms with van der Waals surface area (Å²) in [7, 11) is 1.85. The summed E-state index contributed by atoms with van der Waals surface area (Å²) in [4.78, 5) is 2.61. The van der Waals surface area contributed by atoms with Crippen LogP contribution < -0.4 is 5.32 Å². The Bertz CT molecular complexity index is 301. The molecule has 4 nitrogen and oxygen atoms in total. The van der Waals surface area contributed by atoms with Crippen LogP contribution in [0.2, 0.25) is 0 Å². The van der Waals surface area contributed by atoms with Crippen LogP contribution in [0, 0.1) is 5.41 Å². The van der Waals surface area contributed by atoms with Crippen molar-refractivity contribution in [2.24, 2.45) is 5.41 Å². The molecule has 0 radical (unpaired) electrons. The smallest absolute Gasteiger partial charge is 0.0698 e. The number of piperidine rings is 1. The second-order valence-electron chi connectivity index (χ2n) is 7.05. The van der Waals surface area contributed by atoms with Crippen molar-refractivity contribution in [1.29, 1.82) is 0 Å². The van der Waals surface area contributed by atoms with Crippen LogP contribution in [0.5, 0.6) is 0 Å². The lowest BCUT2D eigenvalue weighted by Gasteiger charge is -2.43. The van der Waals surface area contributed by atoms with Gasteiger partial charge in [-0.1, -0.05) is 0 Å². The lowest BCUT2D eigenvalue weighted by Crippen LogP contribution is -2.52. The molecule has 2 unspecified atom stereocenters. The third-order valence-electron chi connectivity index (χ3n) is 5.10. The molecule has 4 heteroatoms. The van der Waals surface area contributed by atoms with Gasteiger partial charge in [-0.05, 0) is 45.1 Å². The fraction of sp³-hybridized carbons (Fsp3) is 1.00. The number of hydrogen-bond donors (Lipinski definition) is 1. The predicted molar refractivity (Wildman–Crippen MR) is 80.0 cm³/mol. The highest BCUT2D eigenvalue weighted by Gasteiger charge is 2.37. The second kappa shape index (κ2) is 6.73. The molecule has 3 rings (SSSR count). The Hall–Kier alpha value is -0.160. The molecule has 1 saturated carbocycles. The van der Waals surface area contributed by atoms with Gasteiger partial charge in [0.1, 0.15) is 0 Å². The maximum absolute atomic E-state index is 5.83. The number of ether oxygens (including phenoxy) is 2. The highest BCUT2D eigenvalue weighted by atomic mass is 16.5. The van der Waals surface area contributed by atoms with Crippen LogP contribution in [-0.2, 0) is 9.47 Å². The van der Waals surface area contributed by atoms with Crippen LogP contribution in [-0.4, -0.2) is 63.5 Å². The molecule has 1 aliphatic carbocycles. The standard InChI is InChI=1S/C16H30N2O2/c1-19-15-4-2-8-18(10-15)12-16(7-3-9-20-13-16)11-17-14-5-6-14/h14-15,17H,2-13H2,1H3. The lowest BCUT2D eigenvalue weighted by molar-refractivity contribution is -0.0438. The summed E-state index contributed by atoms with van der Waals surface area (Å²) in [5, 5.41) is 3.74. The molecule has 0 aromatic heterocycles. The molecule has 0 aromatic rings. The number of methoxy groups -OCH3 is 1. The monoisotopic (exact) mass is 282 g/mol. The summed E-state index contributed by atoms with van der Waals surface area (Å²) in [6, 6.07) is 0.793. The molecule has 2 atom stereocenters. The Labute approximate surface area is 123 Å². The number of nitrogens with one attached hydrogen (secondary N) is 1. The van der Waals surface area contributed by atoms with Gasteiger partial charge in [0.05, 0.1) is 12.7 Å². The van der Waals surface area contributed by atoms with Crippen LogP contribution in [0.25, 0.3) is 0 Å². The van der Waals surface area contributed by atoms with E-state index < -0.39 is 0 Å². The summed E-state index contributed by atoms with van der Waals surface area (Å²) >= 11 is 0. The van der Waals surface area contributed by atoms with Gasteiger partial charge in [-0.2, -0.15) is 0 Å². The van der Waals surface area contributed by atoms with E-state index in [0.29, 0.717) is 11.5 Å². The summed E-state index contributed by atoms with van der Waals surface area (Å²) in [5.74, 6) is 0. The van der Waals surface area contributed by atoms with Crippen LogP contribution in [0.1, 0.15) is 38.5 Å². The summed E-state index contributed by atoms with van der Waals surface area (Å²) in [5.41, 5.74) is 0.330. The van der Waals surface area contributed by atoms with Gasteiger partial charge in [-0.25, -0.2) is 0 Å². The molecule has 0 spiro atoms. The normalized spacial score (nSPS) is 36.1. The van der Waals surface area contributed by atoms with E-state index in [4.69, 9.17) is 9.47 Å². The third kappa shape index (κ3) is 3.94. The van der Waals surface area contributed by atoms with Crippen LogP contribution in [0.4, 0.5) is 0 Å². The molecule has 0 bridgehead atoms. The molecule has 3 fully saturated rings. The average molecular weight is 282 g/mol. The van der Waals surface area contributed by atoms with Gasteiger partial charge in [0, 0.05) is 44.8 Å². The largest absolute Gasteiger partial charge is 0.381 e. The molecule has 3 aliphatic rings. The number of hydrogen-bond acceptors (Lipinski definition) is 4. The predicted octanol–water partition coefficient (Wildman–Crippen LogP) is 1.65. The molecular formula is C16H30N2O2. The lowest BCUT2D eigenvalue weighted by atomic mass is 9.81. The zero-order valence-electron chi connectivity index (χ0n) is 12.9. The number of nitrogens with zero attached hydrogens (tertiary/aromatic N) is 1. The van der Waals surface area contributed by atoms with E-state index in [9.17, 15) is 0 Å². The molecule has 0 amide bonds. The van der Waals surface area contributed by atoms with E-state index in [2.05, 4.69) is 10.2 Å². The molecule has 2 aliphatic heterocycles. The minimum atomic E-state index is 0.330. The van der Waals surface area contributed by atoms with E-state index >= 15 is 0 Å². The van der Waals surface area contributed by atoms with Gasteiger partial charge in [0.2, 0.25) is 0 Å². The molecule has 2 saturated heterocycles. The Morgan fingerprint density at radius 3 is 2.90 bits per heavy atom. The molecular weight excluding hydrogens is 252 g/mol. The van der Waals surface area contributed by atoms with Gasteiger partial charge < -0.3 is 19.7 Å². The van der Waals surface area contributed by atoms with Crippen LogP contribution in [0.3, 0.4) is 0 Å². The van der Waals surface area contributed by atoms with Gasteiger partial charge in [0.25, 0.3) is 0 Å². The first kappa shape index (κ1) is 14.8. The molecule has 116 valence electrons. The maximum Gasteiger partial charge on any atom is 0.0698 e. The van der Waals surface area contributed by atoms with Crippen molar-refractivity contribution in [3.05, 3.63) is 0 Å². The Morgan fingerprint density at radius 2 is 2.20 bits per heavy atom. The van der Waals surface area contributed by atoms with E-state index in [1.165, 1.54) is 51.6 Å². The van der Waals surface area contributed by atoms with Gasteiger partial charge in [-0.3, -0.25) is 0 Å². The summed E-state index contributed by atoms with van der Waals surface area (Å²) in [6.45, 7) is 6.51. The van der Waals surface area contributed by atoms with E-state index in [0.717, 1.165) is 32.3 Å². The van der Waals surface area contributed by atoms with Crippen molar-refractivity contribution in [3.63, 3.8) is 0 Å². The fourth-order valence-corrected chi connectivity index (χ4v) is 3.70. The van der Waals surface area contributed by atoms with E-state index in [1.54, 1.807) is 0 Å². The highest BCUT2D eigenvalue weighted by molar-refractivity contribution is 4.92. The number of likely N-dealkylation sites (tertiary alicyclic amines) is 1. The average Bonchev–Trinajstić information content (AvgIpc) is 3.31. The minimum absolute atomic E-state index is 0.330. The van der Waals surface area contributed by atoms with E-state index in [-0.39, 0.29) is 0 Å². The van der Waals surface area contributed by atoms with Crippen LogP contribution in [0.15, 0.2) is 0 Å². The quantitative estimate of drug-likeness (QED) is 0.803. The first-order valence-corrected chi connectivity index (χ1v) is 8.36. The van der Waals surface area contributed by atoms with Gasteiger partial charge >= 0.3 is 0 Å². The highest BCUT2D eigenvalue weighted by Crippen LogP contribution is 2.32. The minimum Gasteiger partial charge on any atom is -0.381 e. The Morgan fingerprint density at radius 1 is 1.30 bits per heavy atom. The van der Waals surface area contributed by atoms with Crippen molar-refractivity contribution in [2.75, 3.05) is 46.5 Å². The number of rotatable bonds is 6. The first-order chi connectivity index (χ1) is 9.80. The SMILES string of the molecule is COC1CCCN(CC2(CNC3CC3)CCCOC2)C1. The van der Waals surface area contributed by atoms with Gasteiger partial charge in [-0.15, -0.1) is 0 Å². The maximum atomic E-state index is 5.83. The van der Waals surface area contributed by atoms with Crippen molar-refractivity contribution in [3.8, 4) is 0 Å². The molecule has 0 aromatic carbocycles. The van der Waals surface area contributed by atoms with E-state index in [1.807, 2.05) is 7.11 Å². The zero-order valence-corrected chi connectivity index (χ0v) is 12.9. The topological polar surface area (TPSA) is 33.7 Å². The molecule has 1 N–H and O–H groups in total. The second-order valence-corrected chi connectivity index (χ2v) is 7.05. The zero-order chi connectivity index (χ0) is 13.8. The Balaban J connectivity index is 1.56. The third-order valence-corrected chi connectivity index (χ3v) is 5.10. The molecule has 2 heterocycles. The summed E-state index contributed by atoms with van der Waals surface area (Å²) in [6.07, 6.45) is 8.18. The van der Waals surface area contributed by atoms with Crippen LogP contribution >= 0.6 is 0 Å². The van der Waals surface area contributed by atoms with Crippen molar-refractivity contribution < 1.29 is 9.47 Å². The van der Waals surface area contributed by atoms with Crippen molar-refractivity contribution >= 4 is 0 Å². The van der Waals surface area contributed by atoms with Gasteiger partial charge in [0.15, 0.2) is 0 Å². The summed E-state index contributed by atoms with van der Waals surface area (Å²) < 4.78 is 11.4.